The van der Waals surface area contributed by atoms with E-state index in [4.69, 9.17) is 0 Å². The van der Waals surface area contributed by atoms with Gasteiger partial charge in [-0.3, -0.25) is 4.98 Å². The summed E-state index contributed by atoms with van der Waals surface area (Å²) in [5.74, 6) is 0. The zero-order chi connectivity index (χ0) is 9.10. The normalized spacial score (nSPS) is 9.92. The first-order valence-corrected chi connectivity index (χ1v) is 4.20. The lowest BCUT2D eigenvalue weighted by Gasteiger charge is -2.00. The second-order valence-electron chi connectivity index (χ2n) is 2.92. The van der Waals surface area contributed by atoms with Crippen molar-refractivity contribution in [3.05, 3.63) is 61.1 Å². The first-order chi connectivity index (χ1) is 6.36. The van der Waals surface area contributed by atoms with Crippen LogP contribution in [0.25, 0.3) is 11.3 Å². The molecule has 2 aromatic rings. The maximum absolute atomic E-state index is 4.27. The number of pyridine rings is 1. The lowest BCUT2D eigenvalue weighted by molar-refractivity contribution is 1.31. The van der Waals surface area contributed by atoms with Crippen LogP contribution in [-0.4, -0.2) is 4.98 Å². The van der Waals surface area contributed by atoms with Crippen LogP contribution in [0, 0.1) is 6.92 Å². The fourth-order valence-corrected chi connectivity index (χ4v) is 1.24. The maximum atomic E-state index is 4.27. The van der Waals surface area contributed by atoms with Gasteiger partial charge in [0.25, 0.3) is 0 Å². The van der Waals surface area contributed by atoms with Crippen LogP contribution in [0.4, 0.5) is 0 Å². The molecule has 0 amide bonds. The lowest BCUT2D eigenvalue weighted by Crippen LogP contribution is -1.82. The summed E-state index contributed by atoms with van der Waals surface area (Å²) in [5.41, 5.74) is 3.11. The maximum Gasteiger partial charge on any atom is 0.0704 e. The van der Waals surface area contributed by atoms with Crippen molar-refractivity contribution >= 4 is 0 Å². The van der Waals surface area contributed by atoms with Crippen LogP contribution in [0.3, 0.4) is 0 Å². The number of benzene rings is 1. The van der Waals surface area contributed by atoms with E-state index in [-0.39, 0.29) is 0 Å². The molecule has 63 valence electrons. The van der Waals surface area contributed by atoms with Crippen LogP contribution in [0.2, 0.25) is 0 Å². The van der Waals surface area contributed by atoms with Gasteiger partial charge in [0.15, 0.2) is 0 Å². The molecule has 1 aromatic heterocycles. The van der Waals surface area contributed by atoms with E-state index < -0.39 is 0 Å². The molecule has 0 saturated heterocycles. The average molecular weight is 168 g/mol. The summed E-state index contributed by atoms with van der Waals surface area (Å²) >= 11 is 0. The minimum absolute atomic E-state index is 0.980. The molecule has 1 aromatic carbocycles. The Morgan fingerprint density at radius 2 is 1.77 bits per heavy atom. The molecule has 0 aliphatic heterocycles. The number of rotatable bonds is 1. The van der Waals surface area contributed by atoms with Crippen molar-refractivity contribution in [2.45, 2.75) is 0 Å². The molecular formula is C12H10N. The van der Waals surface area contributed by atoms with E-state index in [0.717, 1.165) is 16.8 Å². The van der Waals surface area contributed by atoms with Crippen molar-refractivity contribution in [3.63, 3.8) is 0 Å². The van der Waals surface area contributed by atoms with Crippen molar-refractivity contribution < 1.29 is 0 Å². The van der Waals surface area contributed by atoms with Gasteiger partial charge >= 0.3 is 0 Å². The first kappa shape index (κ1) is 7.99. The first-order valence-electron chi connectivity index (χ1n) is 4.20. The zero-order valence-electron chi connectivity index (χ0n) is 7.27. The van der Waals surface area contributed by atoms with Crippen molar-refractivity contribution in [3.8, 4) is 11.3 Å². The van der Waals surface area contributed by atoms with Gasteiger partial charge in [-0.25, -0.2) is 0 Å². The molecule has 0 spiro atoms. The van der Waals surface area contributed by atoms with E-state index in [0.29, 0.717) is 0 Å². The van der Waals surface area contributed by atoms with E-state index in [9.17, 15) is 0 Å². The highest BCUT2D eigenvalue weighted by Gasteiger charge is 1.96. The number of nitrogens with zero attached hydrogens (tertiary/aromatic N) is 1. The summed E-state index contributed by atoms with van der Waals surface area (Å²) in [4.78, 5) is 4.27. The van der Waals surface area contributed by atoms with Gasteiger partial charge in [-0.15, -0.1) is 0 Å². The molecule has 0 N–H and O–H groups in total. The number of aromatic nitrogens is 1. The fourth-order valence-electron chi connectivity index (χ4n) is 1.24. The van der Waals surface area contributed by atoms with Gasteiger partial charge in [0.2, 0.25) is 0 Å². The predicted octanol–water partition coefficient (Wildman–Crippen LogP) is 2.93. The Hall–Kier alpha value is -1.63. The lowest BCUT2D eigenvalue weighted by atomic mass is 10.1. The molecule has 0 unspecified atom stereocenters. The second kappa shape index (κ2) is 3.40. The van der Waals surface area contributed by atoms with Gasteiger partial charge in [0.05, 0.1) is 5.69 Å². The van der Waals surface area contributed by atoms with Crippen LogP contribution in [0.1, 0.15) is 5.56 Å². The van der Waals surface area contributed by atoms with Crippen LogP contribution in [0.5, 0.6) is 0 Å². The SMILES string of the molecule is [CH2]c1ccnc(-c2ccccc2)c1. The topological polar surface area (TPSA) is 12.9 Å². The summed E-state index contributed by atoms with van der Waals surface area (Å²) in [6.45, 7) is 3.87. The Morgan fingerprint density at radius 1 is 1.00 bits per heavy atom. The molecule has 1 heteroatoms. The molecule has 0 aliphatic rings. The summed E-state index contributed by atoms with van der Waals surface area (Å²) in [5, 5.41) is 0. The Labute approximate surface area is 78.1 Å². The molecule has 0 bridgehead atoms. The second-order valence-corrected chi connectivity index (χ2v) is 2.92. The van der Waals surface area contributed by atoms with Gasteiger partial charge in [0.1, 0.15) is 0 Å². The smallest absolute Gasteiger partial charge is 0.0704 e. The predicted molar refractivity (Wildman–Crippen MR) is 54.1 cm³/mol. The van der Waals surface area contributed by atoms with Crippen LogP contribution in [-0.2, 0) is 0 Å². The number of hydrogen-bond acceptors (Lipinski definition) is 1. The highest BCUT2D eigenvalue weighted by atomic mass is 14.7. The molecule has 1 nitrogen and oxygen atoms in total. The minimum atomic E-state index is 0.980. The molecule has 2 rings (SSSR count). The molecule has 13 heavy (non-hydrogen) atoms. The van der Waals surface area contributed by atoms with Crippen molar-refractivity contribution in [2.75, 3.05) is 0 Å². The third-order valence-electron chi connectivity index (χ3n) is 1.89. The quantitative estimate of drug-likeness (QED) is 0.638. The molecule has 0 aliphatic carbocycles. The van der Waals surface area contributed by atoms with Gasteiger partial charge < -0.3 is 0 Å². The van der Waals surface area contributed by atoms with Gasteiger partial charge in [-0.1, -0.05) is 30.3 Å². The summed E-state index contributed by atoms with van der Waals surface area (Å²) in [7, 11) is 0. The Kier molecular flexibility index (Phi) is 2.09. The largest absolute Gasteiger partial charge is 0.256 e. The molecule has 1 heterocycles. The number of hydrogen-bond donors (Lipinski definition) is 0. The highest BCUT2D eigenvalue weighted by Crippen LogP contribution is 2.16. The van der Waals surface area contributed by atoms with Gasteiger partial charge in [0, 0.05) is 11.8 Å². The van der Waals surface area contributed by atoms with Crippen LogP contribution in [0.15, 0.2) is 48.7 Å². The highest BCUT2D eigenvalue weighted by molar-refractivity contribution is 5.59. The third kappa shape index (κ3) is 1.75. The molecular weight excluding hydrogens is 158 g/mol. The standard InChI is InChI=1S/C12H10N/c1-10-7-8-13-12(9-10)11-5-3-2-4-6-11/h2-9H,1H2. The van der Waals surface area contributed by atoms with E-state index in [1.165, 1.54) is 0 Å². The Bertz CT molecular complexity index is 393. The average Bonchev–Trinajstić information content (AvgIpc) is 2.19. The monoisotopic (exact) mass is 168 g/mol. The summed E-state index contributed by atoms with van der Waals surface area (Å²) in [6, 6.07) is 14.0. The van der Waals surface area contributed by atoms with E-state index in [2.05, 4.69) is 11.9 Å². The summed E-state index contributed by atoms with van der Waals surface area (Å²) < 4.78 is 0. The minimum Gasteiger partial charge on any atom is -0.256 e. The third-order valence-corrected chi connectivity index (χ3v) is 1.89. The Morgan fingerprint density at radius 3 is 2.46 bits per heavy atom. The van der Waals surface area contributed by atoms with E-state index in [1.807, 2.05) is 42.5 Å². The van der Waals surface area contributed by atoms with E-state index in [1.54, 1.807) is 6.20 Å². The molecule has 0 fully saturated rings. The van der Waals surface area contributed by atoms with Gasteiger partial charge in [-0.2, -0.15) is 0 Å². The zero-order valence-corrected chi connectivity index (χ0v) is 7.27. The van der Waals surface area contributed by atoms with Gasteiger partial charge in [-0.05, 0) is 24.6 Å². The van der Waals surface area contributed by atoms with E-state index >= 15 is 0 Å². The molecule has 0 saturated carbocycles. The van der Waals surface area contributed by atoms with Crippen LogP contribution >= 0.6 is 0 Å². The van der Waals surface area contributed by atoms with Crippen LogP contribution < -0.4 is 0 Å². The van der Waals surface area contributed by atoms with Crippen molar-refractivity contribution in [1.82, 2.24) is 4.98 Å². The fraction of sp³-hybridized carbons (Fsp3) is 0. The van der Waals surface area contributed by atoms with Crippen molar-refractivity contribution in [2.24, 2.45) is 0 Å². The molecule has 1 radical (unpaired) electrons. The Balaban J connectivity index is 2.48. The molecule has 0 atom stereocenters. The van der Waals surface area contributed by atoms with Crippen molar-refractivity contribution in [1.29, 1.82) is 0 Å². The summed E-state index contributed by atoms with van der Waals surface area (Å²) in [6.07, 6.45) is 1.78.